The van der Waals surface area contributed by atoms with Gasteiger partial charge in [0.15, 0.2) is 9.84 Å². The number of thioether (sulfide) groups is 1. The lowest BCUT2D eigenvalue weighted by molar-refractivity contribution is 0.597. The van der Waals surface area contributed by atoms with E-state index in [1.807, 2.05) is 30.3 Å². The van der Waals surface area contributed by atoms with Crippen LogP contribution in [0.25, 0.3) is 5.69 Å². The van der Waals surface area contributed by atoms with Crippen LogP contribution in [0, 0.1) is 0 Å². The first-order valence-electron chi connectivity index (χ1n) is 6.91. The van der Waals surface area contributed by atoms with Crippen molar-refractivity contribution in [3.63, 3.8) is 0 Å². The van der Waals surface area contributed by atoms with Crippen molar-refractivity contribution in [3.05, 3.63) is 60.7 Å². The van der Waals surface area contributed by atoms with Gasteiger partial charge in [-0.3, -0.25) is 0 Å². The van der Waals surface area contributed by atoms with E-state index in [1.54, 1.807) is 35.0 Å². The van der Waals surface area contributed by atoms with Crippen LogP contribution in [-0.4, -0.2) is 40.1 Å². The number of hydrogen-bond acceptors (Lipinski definition) is 6. The minimum absolute atomic E-state index is 0.0311. The lowest BCUT2D eigenvalue weighted by Gasteiger charge is -2.05. The van der Waals surface area contributed by atoms with Crippen LogP contribution < -0.4 is 0 Å². The van der Waals surface area contributed by atoms with Crippen molar-refractivity contribution >= 4 is 21.6 Å². The molecule has 0 unspecified atom stereocenters. The van der Waals surface area contributed by atoms with Crippen LogP contribution in [0.5, 0.6) is 0 Å². The molecule has 1 aromatic heterocycles. The fraction of sp³-hybridized carbons (Fsp3) is 0.133. The van der Waals surface area contributed by atoms with E-state index < -0.39 is 9.84 Å². The molecule has 0 radical (unpaired) electrons. The summed E-state index contributed by atoms with van der Waals surface area (Å²) in [6.45, 7) is 0. The Morgan fingerprint density at radius 2 is 1.61 bits per heavy atom. The van der Waals surface area contributed by atoms with Crippen molar-refractivity contribution in [2.75, 3.05) is 11.5 Å². The van der Waals surface area contributed by atoms with Gasteiger partial charge < -0.3 is 0 Å². The summed E-state index contributed by atoms with van der Waals surface area (Å²) >= 11 is 1.32. The molecule has 23 heavy (non-hydrogen) atoms. The van der Waals surface area contributed by atoms with Gasteiger partial charge in [-0.15, -0.1) is 5.10 Å². The fourth-order valence-corrected chi connectivity index (χ4v) is 4.55. The fourth-order valence-electron chi connectivity index (χ4n) is 1.99. The molecule has 0 saturated heterocycles. The molecule has 6 nitrogen and oxygen atoms in total. The number of aromatic nitrogens is 4. The highest BCUT2D eigenvalue weighted by Gasteiger charge is 2.15. The maximum Gasteiger partial charge on any atom is 0.214 e. The highest BCUT2D eigenvalue weighted by Crippen LogP contribution is 2.19. The summed E-state index contributed by atoms with van der Waals surface area (Å²) in [7, 11) is -3.29. The molecule has 0 spiro atoms. The molecule has 0 amide bonds. The van der Waals surface area contributed by atoms with Gasteiger partial charge in [-0.05, 0) is 34.7 Å². The molecular formula is C15H14N4O2S2. The van der Waals surface area contributed by atoms with Gasteiger partial charge in [-0.1, -0.05) is 48.2 Å². The van der Waals surface area contributed by atoms with Crippen molar-refractivity contribution < 1.29 is 8.42 Å². The Morgan fingerprint density at radius 1 is 0.957 bits per heavy atom. The molecule has 0 aliphatic carbocycles. The Bertz CT molecular complexity index is 865. The maximum absolute atomic E-state index is 12.2. The number of para-hydroxylation sites is 1. The first-order valence-corrected chi connectivity index (χ1v) is 9.55. The molecule has 0 saturated carbocycles. The third-order valence-corrected chi connectivity index (χ3v) is 6.04. The lowest BCUT2D eigenvalue weighted by atomic mass is 10.3. The second-order valence-electron chi connectivity index (χ2n) is 4.69. The van der Waals surface area contributed by atoms with Crippen LogP contribution in [-0.2, 0) is 9.84 Å². The second kappa shape index (κ2) is 6.93. The Hall–Kier alpha value is -2.19. The van der Waals surface area contributed by atoms with E-state index in [-0.39, 0.29) is 5.75 Å². The average molecular weight is 346 g/mol. The van der Waals surface area contributed by atoms with E-state index in [9.17, 15) is 8.42 Å². The van der Waals surface area contributed by atoms with Crippen molar-refractivity contribution in [2.45, 2.75) is 10.1 Å². The van der Waals surface area contributed by atoms with Crippen molar-refractivity contribution in [3.8, 4) is 5.69 Å². The van der Waals surface area contributed by atoms with Gasteiger partial charge in [0, 0.05) is 5.75 Å². The van der Waals surface area contributed by atoms with Crippen LogP contribution in [0.2, 0.25) is 0 Å². The third-order valence-electron chi connectivity index (χ3n) is 3.13. The monoisotopic (exact) mass is 346 g/mol. The van der Waals surface area contributed by atoms with Gasteiger partial charge in [0.1, 0.15) is 0 Å². The number of sulfone groups is 1. The molecule has 3 aromatic rings. The summed E-state index contributed by atoms with van der Waals surface area (Å²) < 4.78 is 26.1. The summed E-state index contributed by atoms with van der Waals surface area (Å²) in [5.74, 6) is 0.410. The minimum Gasteiger partial charge on any atom is -0.224 e. The van der Waals surface area contributed by atoms with Gasteiger partial charge in [-0.25, -0.2) is 8.42 Å². The lowest BCUT2D eigenvalue weighted by Crippen LogP contribution is -2.09. The SMILES string of the molecule is O=S(=O)(CCSc1nnnn1-c1ccccc1)c1ccccc1. The number of rotatable bonds is 6. The van der Waals surface area contributed by atoms with E-state index in [0.29, 0.717) is 15.8 Å². The highest BCUT2D eigenvalue weighted by molar-refractivity contribution is 8.00. The summed E-state index contributed by atoms with van der Waals surface area (Å²) in [4.78, 5) is 0.336. The molecule has 0 bridgehead atoms. The zero-order valence-corrected chi connectivity index (χ0v) is 13.7. The zero-order chi connectivity index (χ0) is 16.1. The van der Waals surface area contributed by atoms with Gasteiger partial charge in [-0.2, -0.15) is 4.68 Å². The van der Waals surface area contributed by atoms with Gasteiger partial charge in [0.05, 0.1) is 16.3 Å². The number of tetrazole rings is 1. The molecule has 8 heteroatoms. The van der Waals surface area contributed by atoms with Crippen LogP contribution in [0.15, 0.2) is 70.7 Å². The van der Waals surface area contributed by atoms with Crippen LogP contribution in [0.1, 0.15) is 0 Å². The highest BCUT2D eigenvalue weighted by atomic mass is 32.2. The molecule has 0 aliphatic heterocycles. The largest absolute Gasteiger partial charge is 0.224 e. The Balaban J connectivity index is 1.68. The molecule has 0 aliphatic rings. The molecule has 1 heterocycles. The van der Waals surface area contributed by atoms with Gasteiger partial charge in [0.25, 0.3) is 0 Å². The Morgan fingerprint density at radius 3 is 2.30 bits per heavy atom. The van der Waals surface area contributed by atoms with E-state index in [2.05, 4.69) is 15.5 Å². The first kappa shape index (κ1) is 15.7. The summed E-state index contributed by atoms with van der Waals surface area (Å²) in [6.07, 6.45) is 0. The predicted molar refractivity (Wildman–Crippen MR) is 88.4 cm³/mol. The molecule has 0 N–H and O–H groups in total. The van der Waals surface area contributed by atoms with E-state index in [0.717, 1.165) is 5.69 Å². The maximum atomic E-state index is 12.2. The molecule has 0 fully saturated rings. The number of benzene rings is 2. The van der Waals surface area contributed by atoms with E-state index in [4.69, 9.17) is 0 Å². The van der Waals surface area contributed by atoms with Gasteiger partial charge >= 0.3 is 0 Å². The molecule has 3 rings (SSSR count). The van der Waals surface area contributed by atoms with E-state index in [1.165, 1.54) is 11.8 Å². The molecule has 2 aromatic carbocycles. The normalized spacial score (nSPS) is 11.5. The topological polar surface area (TPSA) is 77.7 Å². The first-order chi connectivity index (χ1) is 11.2. The minimum atomic E-state index is -3.29. The summed E-state index contributed by atoms with van der Waals surface area (Å²) in [5.41, 5.74) is 0.839. The zero-order valence-electron chi connectivity index (χ0n) is 12.1. The molecular weight excluding hydrogens is 332 g/mol. The average Bonchev–Trinajstić information content (AvgIpc) is 3.05. The van der Waals surface area contributed by atoms with E-state index >= 15 is 0 Å². The van der Waals surface area contributed by atoms with Crippen molar-refractivity contribution in [2.24, 2.45) is 0 Å². The van der Waals surface area contributed by atoms with Crippen molar-refractivity contribution in [1.29, 1.82) is 0 Å². The number of hydrogen-bond donors (Lipinski definition) is 0. The Labute approximate surface area is 138 Å². The predicted octanol–water partition coefficient (Wildman–Crippen LogP) is 2.23. The van der Waals surface area contributed by atoms with Crippen LogP contribution >= 0.6 is 11.8 Å². The second-order valence-corrected chi connectivity index (χ2v) is 7.86. The third kappa shape index (κ3) is 3.77. The smallest absolute Gasteiger partial charge is 0.214 e. The summed E-state index contributed by atoms with van der Waals surface area (Å²) in [6, 6.07) is 17.9. The van der Waals surface area contributed by atoms with Crippen molar-refractivity contribution in [1.82, 2.24) is 20.2 Å². The number of nitrogens with zero attached hydrogens (tertiary/aromatic N) is 4. The van der Waals surface area contributed by atoms with Crippen LogP contribution in [0.3, 0.4) is 0 Å². The Kier molecular flexibility index (Phi) is 4.73. The van der Waals surface area contributed by atoms with Gasteiger partial charge in [0.2, 0.25) is 5.16 Å². The molecule has 118 valence electrons. The molecule has 0 atom stereocenters. The summed E-state index contributed by atoms with van der Waals surface area (Å²) in [5, 5.41) is 12.1. The standard InChI is InChI=1S/C15H14N4O2S2/c20-23(21,14-9-5-2-6-10-14)12-11-22-15-16-17-18-19(15)13-7-3-1-4-8-13/h1-10H,11-12H2. The quantitative estimate of drug-likeness (QED) is 0.637. The van der Waals surface area contributed by atoms with Crippen LogP contribution in [0.4, 0.5) is 0 Å².